The quantitative estimate of drug-likeness (QED) is 0.892. The van der Waals surface area contributed by atoms with Crippen LogP contribution in [-0.4, -0.2) is 31.3 Å². The lowest BCUT2D eigenvalue weighted by molar-refractivity contribution is 0.361. The molecule has 0 radical (unpaired) electrons. The summed E-state index contributed by atoms with van der Waals surface area (Å²) in [6, 6.07) is 5.12. The highest BCUT2D eigenvalue weighted by Crippen LogP contribution is 2.35. The zero-order chi connectivity index (χ0) is 14.5. The molecular weight excluding hydrogens is 262 g/mol. The van der Waals surface area contributed by atoms with Gasteiger partial charge < -0.3 is 24.7 Å². The Kier molecular flexibility index (Phi) is 4.09. The number of hydrogen-bond acceptors (Lipinski definition) is 7. The van der Waals surface area contributed by atoms with Crippen molar-refractivity contribution >= 4 is 5.82 Å². The molecular formula is C13H15N3O4. The summed E-state index contributed by atoms with van der Waals surface area (Å²) in [6.07, 6.45) is 1.30. The average Bonchev–Trinajstić information content (AvgIpc) is 2.47. The molecule has 0 bridgehead atoms. The molecule has 1 heterocycles. The van der Waals surface area contributed by atoms with E-state index in [0.29, 0.717) is 17.2 Å². The summed E-state index contributed by atoms with van der Waals surface area (Å²) in [4.78, 5) is 7.83. The summed E-state index contributed by atoms with van der Waals surface area (Å²) in [7, 11) is 4.58. The Morgan fingerprint density at radius 2 is 1.45 bits per heavy atom. The zero-order valence-corrected chi connectivity index (χ0v) is 11.4. The Morgan fingerprint density at radius 1 is 0.850 bits per heavy atom. The minimum atomic E-state index is 0.201. The van der Waals surface area contributed by atoms with E-state index in [1.165, 1.54) is 13.4 Å². The number of hydrogen-bond donors (Lipinski definition) is 1. The van der Waals surface area contributed by atoms with Gasteiger partial charge in [-0.1, -0.05) is 0 Å². The lowest BCUT2D eigenvalue weighted by Gasteiger charge is -2.12. The van der Waals surface area contributed by atoms with Crippen LogP contribution in [0.1, 0.15) is 0 Å². The van der Waals surface area contributed by atoms with Crippen LogP contribution in [0.4, 0.5) is 5.82 Å². The molecule has 20 heavy (non-hydrogen) atoms. The summed E-state index contributed by atoms with van der Waals surface area (Å²) in [5.74, 6) is 2.37. The van der Waals surface area contributed by atoms with Crippen LogP contribution in [0.5, 0.6) is 28.9 Å². The van der Waals surface area contributed by atoms with Crippen molar-refractivity contribution in [2.75, 3.05) is 27.1 Å². The highest BCUT2D eigenvalue weighted by Gasteiger charge is 2.13. The van der Waals surface area contributed by atoms with Crippen molar-refractivity contribution < 1.29 is 18.9 Å². The first-order valence-corrected chi connectivity index (χ1v) is 5.73. The van der Waals surface area contributed by atoms with E-state index >= 15 is 0 Å². The monoisotopic (exact) mass is 277 g/mol. The van der Waals surface area contributed by atoms with E-state index in [2.05, 4.69) is 9.97 Å². The maximum atomic E-state index is 5.69. The van der Waals surface area contributed by atoms with Gasteiger partial charge in [-0.3, -0.25) is 0 Å². The average molecular weight is 277 g/mol. The second-order valence-electron chi connectivity index (χ2n) is 3.75. The van der Waals surface area contributed by atoms with Crippen molar-refractivity contribution in [3.63, 3.8) is 0 Å². The second kappa shape index (κ2) is 5.96. The van der Waals surface area contributed by atoms with Gasteiger partial charge in [-0.2, -0.15) is 4.98 Å². The number of benzene rings is 1. The van der Waals surface area contributed by atoms with Gasteiger partial charge >= 0.3 is 0 Å². The molecule has 0 amide bonds. The Balaban J connectivity index is 2.37. The first-order valence-electron chi connectivity index (χ1n) is 5.73. The molecule has 0 atom stereocenters. The van der Waals surface area contributed by atoms with Crippen LogP contribution in [0, 0.1) is 0 Å². The number of nitrogens with two attached hydrogens (primary N) is 1. The van der Waals surface area contributed by atoms with E-state index in [4.69, 9.17) is 24.7 Å². The number of nitrogen functional groups attached to an aromatic ring is 1. The number of aromatic nitrogens is 2. The summed E-state index contributed by atoms with van der Waals surface area (Å²) >= 11 is 0. The molecule has 7 nitrogen and oxygen atoms in total. The normalized spacial score (nSPS) is 9.95. The Labute approximate surface area is 116 Å². The van der Waals surface area contributed by atoms with Gasteiger partial charge in [0.1, 0.15) is 23.6 Å². The second-order valence-corrected chi connectivity index (χ2v) is 3.75. The van der Waals surface area contributed by atoms with Gasteiger partial charge in [0.15, 0.2) is 5.82 Å². The SMILES string of the molecule is COc1cc(OC)cc(Oc2ncnc(N)c2OC)c1. The van der Waals surface area contributed by atoms with Crippen LogP contribution in [-0.2, 0) is 0 Å². The topological polar surface area (TPSA) is 88.7 Å². The molecule has 0 aliphatic carbocycles. The minimum absolute atomic E-state index is 0.201. The van der Waals surface area contributed by atoms with Crippen LogP contribution in [0.2, 0.25) is 0 Å². The summed E-state index contributed by atoms with van der Waals surface area (Å²) in [6.45, 7) is 0. The van der Waals surface area contributed by atoms with Crippen LogP contribution in [0.25, 0.3) is 0 Å². The molecule has 0 saturated heterocycles. The molecule has 2 rings (SSSR count). The Morgan fingerprint density at radius 3 is 2.00 bits per heavy atom. The summed E-state index contributed by atoms with van der Waals surface area (Å²) in [5.41, 5.74) is 5.69. The number of rotatable bonds is 5. The van der Waals surface area contributed by atoms with Crippen molar-refractivity contribution in [3.05, 3.63) is 24.5 Å². The van der Waals surface area contributed by atoms with E-state index in [9.17, 15) is 0 Å². The van der Waals surface area contributed by atoms with Gasteiger partial charge in [0, 0.05) is 18.2 Å². The fourth-order valence-electron chi connectivity index (χ4n) is 1.59. The molecule has 106 valence electrons. The van der Waals surface area contributed by atoms with Gasteiger partial charge in [0.05, 0.1) is 21.3 Å². The molecule has 0 aliphatic rings. The van der Waals surface area contributed by atoms with Crippen LogP contribution >= 0.6 is 0 Å². The molecule has 0 unspecified atom stereocenters. The lowest BCUT2D eigenvalue weighted by Crippen LogP contribution is -2.00. The highest BCUT2D eigenvalue weighted by molar-refractivity contribution is 5.53. The van der Waals surface area contributed by atoms with Gasteiger partial charge in [0.2, 0.25) is 5.75 Å². The van der Waals surface area contributed by atoms with Crippen LogP contribution in [0.15, 0.2) is 24.5 Å². The summed E-state index contributed by atoms with van der Waals surface area (Å²) in [5, 5.41) is 0. The Hall–Kier alpha value is -2.70. The number of methoxy groups -OCH3 is 3. The maximum absolute atomic E-state index is 5.69. The van der Waals surface area contributed by atoms with Crippen molar-refractivity contribution in [2.24, 2.45) is 0 Å². The van der Waals surface area contributed by atoms with Crippen molar-refractivity contribution in [1.82, 2.24) is 9.97 Å². The maximum Gasteiger partial charge on any atom is 0.268 e. The van der Waals surface area contributed by atoms with Gasteiger partial charge in [-0.15, -0.1) is 0 Å². The van der Waals surface area contributed by atoms with E-state index in [1.807, 2.05) is 0 Å². The van der Waals surface area contributed by atoms with Crippen LogP contribution in [0.3, 0.4) is 0 Å². The lowest BCUT2D eigenvalue weighted by atomic mass is 10.3. The molecule has 2 N–H and O–H groups in total. The molecule has 1 aromatic carbocycles. The van der Waals surface area contributed by atoms with Crippen molar-refractivity contribution in [1.29, 1.82) is 0 Å². The molecule has 1 aromatic heterocycles. The Bertz CT molecular complexity index is 582. The largest absolute Gasteiger partial charge is 0.496 e. The number of anilines is 1. The standard InChI is InChI=1S/C13H15N3O4/c1-17-8-4-9(18-2)6-10(5-8)20-13-11(19-3)12(14)15-7-16-13/h4-7H,1-3H3,(H2,14,15,16). The summed E-state index contributed by atoms with van der Waals surface area (Å²) < 4.78 is 21.1. The predicted molar refractivity (Wildman–Crippen MR) is 72.6 cm³/mol. The molecule has 7 heteroatoms. The number of nitrogens with zero attached hydrogens (tertiary/aromatic N) is 2. The van der Waals surface area contributed by atoms with E-state index in [1.54, 1.807) is 32.4 Å². The highest BCUT2D eigenvalue weighted by atomic mass is 16.5. The number of ether oxygens (including phenoxy) is 4. The fraction of sp³-hybridized carbons (Fsp3) is 0.231. The molecule has 0 spiro atoms. The van der Waals surface area contributed by atoms with Gasteiger partial charge in [-0.05, 0) is 0 Å². The molecule has 2 aromatic rings. The third-order valence-corrected chi connectivity index (χ3v) is 2.54. The minimum Gasteiger partial charge on any atom is -0.496 e. The molecule has 0 fully saturated rings. The van der Waals surface area contributed by atoms with Gasteiger partial charge in [-0.25, -0.2) is 4.98 Å². The van der Waals surface area contributed by atoms with Crippen molar-refractivity contribution in [3.8, 4) is 28.9 Å². The van der Waals surface area contributed by atoms with E-state index in [0.717, 1.165) is 0 Å². The first-order chi connectivity index (χ1) is 9.67. The zero-order valence-electron chi connectivity index (χ0n) is 11.4. The third-order valence-electron chi connectivity index (χ3n) is 2.54. The fourth-order valence-corrected chi connectivity index (χ4v) is 1.59. The predicted octanol–water partition coefficient (Wildman–Crippen LogP) is 1.88. The van der Waals surface area contributed by atoms with E-state index in [-0.39, 0.29) is 17.4 Å². The van der Waals surface area contributed by atoms with Gasteiger partial charge in [0.25, 0.3) is 5.88 Å². The first kappa shape index (κ1) is 13.7. The third kappa shape index (κ3) is 2.82. The molecule has 0 saturated carbocycles. The molecule has 0 aliphatic heterocycles. The van der Waals surface area contributed by atoms with Crippen LogP contribution < -0.4 is 24.7 Å². The smallest absolute Gasteiger partial charge is 0.268 e. The van der Waals surface area contributed by atoms with Crippen molar-refractivity contribution in [2.45, 2.75) is 0 Å². The van der Waals surface area contributed by atoms with E-state index < -0.39 is 0 Å².